The number of hydrogen-bond donors (Lipinski definition) is 0. The Morgan fingerprint density at radius 3 is 2.54 bits per heavy atom. The maximum atomic E-state index is 5.49. The van der Waals surface area contributed by atoms with Crippen molar-refractivity contribution in [2.24, 2.45) is 0 Å². The molecule has 0 spiro atoms. The summed E-state index contributed by atoms with van der Waals surface area (Å²) in [5.41, 5.74) is 2.97. The van der Waals surface area contributed by atoms with Crippen LogP contribution in [0.2, 0.25) is 0 Å². The molecule has 2 fully saturated rings. The molecule has 0 atom stereocenters. The fourth-order valence-corrected chi connectivity index (χ4v) is 4.00. The van der Waals surface area contributed by atoms with Crippen LogP contribution in [0.15, 0.2) is 22.7 Å². The molecule has 0 radical (unpaired) electrons. The summed E-state index contributed by atoms with van der Waals surface area (Å²) in [4.78, 5) is 2.46. The van der Waals surface area contributed by atoms with Crippen molar-refractivity contribution in [2.75, 3.05) is 13.1 Å². The molecule has 28 heavy (non-hydrogen) atoms. The van der Waals surface area contributed by atoms with E-state index in [1.807, 2.05) is 10.6 Å². The third kappa shape index (κ3) is 3.43. The zero-order chi connectivity index (χ0) is 19.3. The molecule has 7 nitrogen and oxygen atoms in total. The van der Waals surface area contributed by atoms with Crippen LogP contribution < -0.4 is 0 Å². The normalized spacial score (nSPS) is 19.5. The second-order valence-corrected chi connectivity index (χ2v) is 9.34. The molecule has 1 saturated carbocycles. The van der Waals surface area contributed by atoms with Crippen molar-refractivity contribution in [3.05, 3.63) is 41.2 Å². The van der Waals surface area contributed by atoms with E-state index in [1.165, 1.54) is 12.8 Å². The fourth-order valence-electron chi connectivity index (χ4n) is 4.00. The predicted octanol–water partition coefficient (Wildman–Crippen LogP) is 3.67. The molecule has 3 aromatic rings. The third-order valence-corrected chi connectivity index (χ3v) is 5.95. The number of nitrogens with zero attached hydrogens (tertiary/aromatic N) is 6. The van der Waals surface area contributed by atoms with Crippen LogP contribution >= 0.6 is 0 Å². The zero-order valence-electron chi connectivity index (χ0n) is 16.9. The average Bonchev–Trinajstić information content (AvgIpc) is 3.27. The standard InChI is InChI=1S/C21H28N6O/c1-21(2,3)18-6-7-19-22-23-20(27(19)24-18)15-8-10-26(11-9-15)13-16-12-17(28-25-16)14-4-5-14/h6-7,12,14-15H,4-5,8-11,13H2,1-3H3. The largest absolute Gasteiger partial charge is 0.361 e. The Bertz CT molecular complexity index is 972. The zero-order valence-corrected chi connectivity index (χ0v) is 16.9. The molecule has 0 unspecified atom stereocenters. The molecule has 1 saturated heterocycles. The van der Waals surface area contributed by atoms with E-state index >= 15 is 0 Å². The van der Waals surface area contributed by atoms with Gasteiger partial charge in [-0.25, -0.2) is 0 Å². The van der Waals surface area contributed by atoms with E-state index < -0.39 is 0 Å². The quantitative estimate of drug-likeness (QED) is 0.688. The Hall–Kier alpha value is -2.28. The molecule has 3 aromatic heterocycles. The Kier molecular flexibility index (Phi) is 4.23. The molecule has 0 bridgehead atoms. The minimum Gasteiger partial charge on any atom is -0.361 e. The summed E-state index contributed by atoms with van der Waals surface area (Å²) in [7, 11) is 0. The van der Waals surface area contributed by atoms with Gasteiger partial charge in [0.25, 0.3) is 0 Å². The monoisotopic (exact) mass is 380 g/mol. The van der Waals surface area contributed by atoms with E-state index in [9.17, 15) is 0 Å². The summed E-state index contributed by atoms with van der Waals surface area (Å²) in [6, 6.07) is 6.24. The first-order valence-electron chi connectivity index (χ1n) is 10.4. The molecule has 0 N–H and O–H groups in total. The SMILES string of the molecule is CC(C)(C)c1ccc2nnc(C3CCN(Cc4cc(C5CC5)on4)CC3)n2n1. The molecule has 0 aromatic carbocycles. The summed E-state index contributed by atoms with van der Waals surface area (Å²) in [5.74, 6) is 3.09. The lowest BCUT2D eigenvalue weighted by molar-refractivity contribution is 0.195. The fraction of sp³-hybridized carbons (Fsp3) is 0.619. The van der Waals surface area contributed by atoms with Crippen molar-refractivity contribution >= 4 is 5.65 Å². The predicted molar refractivity (Wildman–Crippen MR) is 105 cm³/mol. The second-order valence-electron chi connectivity index (χ2n) is 9.34. The molecule has 1 aliphatic carbocycles. The van der Waals surface area contributed by atoms with Crippen LogP contribution in [0.1, 0.15) is 81.3 Å². The molecular weight excluding hydrogens is 352 g/mol. The topological polar surface area (TPSA) is 72.4 Å². The number of likely N-dealkylation sites (tertiary alicyclic amines) is 1. The number of fused-ring (bicyclic) bond motifs is 1. The van der Waals surface area contributed by atoms with Crippen LogP contribution in [0.4, 0.5) is 0 Å². The van der Waals surface area contributed by atoms with Crippen LogP contribution in [0.5, 0.6) is 0 Å². The van der Waals surface area contributed by atoms with Gasteiger partial charge in [0.05, 0.1) is 11.4 Å². The second kappa shape index (κ2) is 6.65. The van der Waals surface area contributed by atoms with Gasteiger partial charge >= 0.3 is 0 Å². The van der Waals surface area contributed by atoms with Gasteiger partial charge in [-0.2, -0.15) is 9.61 Å². The van der Waals surface area contributed by atoms with Crippen molar-refractivity contribution in [3.63, 3.8) is 0 Å². The van der Waals surface area contributed by atoms with Crippen LogP contribution in [-0.4, -0.2) is 43.0 Å². The van der Waals surface area contributed by atoms with Crippen LogP contribution in [-0.2, 0) is 12.0 Å². The lowest BCUT2D eigenvalue weighted by Gasteiger charge is -2.30. The van der Waals surface area contributed by atoms with Crippen molar-refractivity contribution < 1.29 is 4.52 Å². The van der Waals surface area contributed by atoms with Gasteiger partial charge in [-0.3, -0.25) is 4.90 Å². The molecule has 1 aliphatic heterocycles. The molecule has 5 rings (SSSR count). The number of hydrogen-bond acceptors (Lipinski definition) is 6. The average molecular weight is 380 g/mol. The lowest BCUT2D eigenvalue weighted by atomic mass is 9.92. The number of piperidine rings is 1. The number of rotatable bonds is 4. The highest BCUT2D eigenvalue weighted by Crippen LogP contribution is 2.40. The Morgan fingerprint density at radius 2 is 1.82 bits per heavy atom. The van der Waals surface area contributed by atoms with Crippen LogP contribution in [0.3, 0.4) is 0 Å². The van der Waals surface area contributed by atoms with Crippen molar-refractivity contribution in [1.82, 2.24) is 29.9 Å². The minimum atomic E-state index is 0.00993. The van der Waals surface area contributed by atoms with Crippen LogP contribution in [0.25, 0.3) is 5.65 Å². The van der Waals surface area contributed by atoms with Gasteiger partial charge in [0.15, 0.2) is 11.5 Å². The smallest absolute Gasteiger partial charge is 0.177 e. The van der Waals surface area contributed by atoms with E-state index in [2.05, 4.69) is 53.2 Å². The first kappa shape index (κ1) is 17.8. The van der Waals surface area contributed by atoms with Crippen molar-refractivity contribution in [3.8, 4) is 0 Å². The van der Waals surface area contributed by atoms with Gasteiger partial charge in [-0.15, -0.1) is 10.2 Å². The first-order valence-corrected chi connectivity index (χ1v) is 10.4. The maximum absolute atomic E-state index is 5.49. The number of aromatic nitrogens is 5. The van der Waals surface area contributed by atoms with Gasteiger partial charge in [0.1, 0.15) is 5.76 Å². The van der Waals surface area contributed by atoms with E-state index in [4.69, 9.17) is 9.62 Å². The summed E-state index contributed by atoms with van der Waals surface area (Å²) in [6.45, 7) is 9.48. The minimum absolute atomic E-state index is 0.00993. The van der Waals surface area contributed by atoms with E-state index in [-0.39, 0.29) is 5.41 Å². The highest BCUT2D eigenvalue weighted by molar-refractivity contribution is 5.37. The summed E-state index contributed by atoms with van der Waals surface area (Å²) >= 11 is 0. The Morgan fingerprint density at radius 1 is 1.04 bits per heavy atom. The van der Waals surface area contributed by atoms with Crippen LogP contribution in [0, 0.1) is 0 Å². The summed E-state index contributed by atoms with van der Waals surface area (Å²) in [5, 5.41) is 17.9. The highest BCUT2D eigenvalue weighted by atomic mass is 16.5. The summed E-state index contributed by atoms with van der Waals surface area (Å²) in [6.07, 6.45) is 4.62. The van der Waals surface area contributed by atoms with Gasteiger partial charge in [-0.1, -0.05) is 25.9 Å². The van der Waals surface area contributed by atoms with E-state index in [1.54, 1.807) is 0 Å². The maximum Gasteiger partial charge on any atom is 0.177 e. The van der Waals surface area contributed by atoms with E-state index in [0.717, 1.165) is 61.1 Å². The Labute approximate surface area is 165 Å². The van der Waals surface area contributed by atoms with E-state index in [0.29, 0.717) is 11.8 Å². The van der Waals surface area contributed by atoms with Gasteiger partial charge in [-0.05, 0) is 50.9 Å². The third-order valence-electron chi connectivity index (χ3n) is 5.95. The molecule has 0 amide bonds. The van der Waals surface area contributed by atoms with Gasteiger partial charge in [0, 0.05) is 29.9 Å². The van der Waals surface area contributed by atoms with Gasteiger partial charge < -0.3 is 4.52 Å². The van der Waals surface area contributed by atoms with Crippen molar-refractivity contribution in [1.29, 1.82) is 0 Å². The van der Waals surface area contributed by atoms with Gasteiger partial charge in [0.2, 0.25) is 0 Å². The Balaban J connectivity index is 1.27. The van der Waals surface area contributed by atoms with Crippen molar-refractivity contribution in [2.45, 2.75) is 70.3 Å². The lowest BCUT2D eigenvalue weighted by Crippen LogP contribution is -2.33. The molecule has 148 valence electrons. The molecule has 4 heterocycles. The molecular formula is C21H28N6O. The first-order chi connectivity index (χ1) is 13.5. The summed E-state index contributed by atoms with van der Waals surface area (Å²) < 4.78 is 7.45. The highest BCUT2D eigenvalue weighted by Gasteiger charge is 2.29. The molecule has 2 aliphatic rings. The molecule has 7 heteroatoms.